The van der Waals surface area contributed by atoms with Crippen LogP contribution < -0.4 is 5.32 Å². The number of imidazole rings is 1. The third-order valence-electron chi connectivity index (χ3n) is 5.75. The molecule has 0 spiro atoms. The standard InChI is InChI=1S/C23H25ClN4O3S/c1-17-8-11-28(12-9-17)32(30,31)20-6-7-22(24)21(14-20)23(29)26-15-18-2-4-19(5-3-18)27-13-10-25-16-27/h2-7,10,13-14,16-17H,8-9,11-12,15H2,1H3,(H,26,29). The van der Waals surface area contributed by atoms with Crippen molar-refractivity contribution in [3.05, 3.63) is 77.3 Å². The van der Waals surface area contributed by atoms with E-state index in [1.807, 2.05) is 35.0 Å². The number of sulfonamides is 1. The molecule has 1 aliphatic rings. The normalized spacial score (nSPS) is 15.6. The molecule has 0 bridgehead atoms. The second-order valence-corrected chi connectivity index (χ2v) is 10.4. The number of rotatable bonds is 6. The van der Waals surface area contributed by atoms with Gasteiger partial charge in [-0.05, 0) is 54.7 Å². The van der Waals surface area contributed by atoms with Crippen molar-refractivity contribution in [1.82, 2.24) is 19.2 Å². The van der Waals surface area contributed by atoms with Crippen LogP contribution in [0, 0.1) is 5.92 Å². The first-order valence-corrected chi connectivity index (χ1v) is 12.3. The van der Waals surface area contributed by atoms with Gasteiger partial charge in [0.05, 0.1) is 21.8 Å². The lowest BCUT2D eigenvalue weighted by molar-refractivity contribution is 0.0951. The number of nitrogens with one attached hydrogen (secondary N) is 1. The maximum atomic E-state index is 13.0. The second-order valence-electron chi connectivity index (χ2n) is 8.05. The minimum absolute atomic E-state index is 0.0892. The summed E-state index contributed by atoms with van der Waals surface area (Å²) in [5.74, 6) is 0.0972. The Morgan fingerprint density at radius 1 is 1.16 bits per heavy atom. The predicted molar refractivity (Wildman–Crippen MR) is 123 cm³/mol. The fourth-order valence-corrected chi connectivity index (χ4v) is 5.39. The topological polar surface area (TPSA) is 84.3 Å². The van der Waals surface area contributed by atoms with Crippen LogP contribution in [-0.2, 0) is 16.6 Å². The fourth-order valence-electron chi connectivity index (χ4n) is 3.69. The first kappa shape index (κ1) is 22.5. The lowest BCUT2D eigenvalue weighted by atomic mass is 10.0. The maximum absolute atomic E-state index is 13.0. The van der Waals surface area contributed by atoms with Crippen LogP contribution in [-0.4, -0.2) is 41.3 Å². The molecule has 32 heavy (non-hydrogen) atoms. The number of hydrogen-bond acceptors (Lipinski definition) is 4. The zero-order valence-electron chi connectivity index (χ0n) is 17.7. The second kappa shape index (κ2) is 9.44. The van der Waals surface area contributed by atoms with E-state index >= 15 is 0 Å². The van der Waals surface area contributed by atoms with Crippen molar-refractivity contribution >= 4 is 27.5 Å². The Morgan fingerprint density at radius 2 is 1.88 bits per heavy atom. The molecule has 7 nitrogen and oxygen atoms in total. The van der Waals surface area contributed by atoms with Gasteiger partial charge in [0.2, 0.25) is 10.0 Å². The van der Waals surface area contributed by atoms with Gasteiger partial charge in [-0.2, -0.15) is 4.31 Å². The van der Waals surface area contributed by atoms with Gasteiger partial charge in [0.15, 0.2) is 0 Å². The van der Waals surface area contributed by atoms with Crippen LogP contribution in [0.25, 0.3) is 5.69 Å². The molecule has 168 valence electrons. The van der Waals surface area contributed by atoms with Crippen molar-refractivity contribution in [1.29, 1.82) is 0 Å². The van der Waals surface area contributed by atoms with Crippen LogP contribution in [0.3, 0.4) is 0 Å². The molecule has 0 aliphatic carbocycles. The molecule has 3 aromatic rings. The molecule has 1 amide bonds. The van der Waals surface area contributed by atoms with Gasteiger partial charge in [-0.15, -0.1) is 0 Å². The molecule has 1 fully saturated rings. The molecule has 1 saturated heterocycles. The Balaban J connectivity index is 1.45. The van der Waals surface area contributed by atoms with Gasteiger partial charge < -0.3 is 9.88 Å². The van der Waals surface area contributed by atoms with Crippen LogP contribution in [0.15, 0.2) is 66.1 Å². The SMILES string of the molecule is CC1CCN(S(=O)(=O)c2ccc(Cl)c(C(=O)NCc3ccc(-n4ccnc4)cc3)c2)CC1. The average molecular weight is 473 g/mol. The molecule has 9 heteroatoms. The number of benzene rings is 2. The number of aromatic nitrogens is 2. The summed E-state index contributed by atoms with van der Waals surface area (Å²) in [6, 6.07) is 12.0. The van der Waals surface area contributed by atoms with Gasteiger partial charge in [-0.1, -0.05) is 30.7 Å². The van der Waals surface area contributed by atoms with E-state index in [0.717, 1.165) is 24.1 Å². The summed E-state index contributed by atoms with van der Waals surface area (Å²) < 4.78 is 29.4. The van der Waals surface area contributed by atoms with E-state index < -0.39 is 15.9 Å². The monoisotopic (exact) mass is 472 g/mol. The number of piperidine rings is 1. The lowest BCUT2D eigenvalue weighted by Gasteiger charge is -2.29. The molecule has 2 aromatic carbocycles. The highest BCUT2D eigenvalue weighted by atomic mass is 35.5. The van der Waals surface area contributed by atoms with E-state index in [1.165, 1.54) is 22.5 Å². The first-order valence-electron chi connectivity index (χ1n) is 10.5. The number of carbonyl (C=O) groups excluding carboxylic acids is 1. The third-order valence-corrected chi connectivity index (χ3v) is 7.98. The highest BCUT2D eigenvalue weighted by molar-refractivity contribution is 7.89. The van der Waals surface area contributed by atoms with Gasteiger partial charge in [0.25, 0.3) is 5.91 Å². The molecule has 0 saturated carbocycles. The zero-order chi connectivity index (χ0) is 22.7. The lowest BCUT2D eigenvalue weighted by Crippen LogP contribution is -2.38. The smallest absolute Gasteiger partial charge is 0.253 e. The van der Waals surface area contributed by atoms with Crippen molar-refractivity contribution in [2.45, 2.75) is 31.2 Å². The van der Waals surface area contributed by atoms with Crippen LogP contribution in [0.2, 0.25) is 5.02 Å². The molecule has 1 N–H and O–H groups in total. The molecular formula is C23H25ClN4O3S. The van der Waals surface area contributed by atoms with Crippen molar-refractivity contribution in [2.75, 3.05) is 13.1 Å². The molecular weight excluding hydrogens is 448 g/mol. The van der Waals surface area contributed by atoms with Gasteiger partial charge in [-0.3, -0.25) is 4.79 Å². The van der Waals surface area contributed by atoms with Crippen LogP contribution in [0.4, 0.5) is 0 Å². The summed E-state index contributed by atoms with van der Waals surface area (Å²) in [6.45, 7) is 3.39. The number of hydrogen-bond donors (Lipinski definition) is 1. The average Bonchev–Trinajstić information content (AvgIpc) is 3.33. The largest absolute Gasteiger partial charge is 0.348 e. The van der Waals surface area contributed by atoms with Gasteiger partial charge in [0.1, 0.15) is 0 Å². The first-order chi connectivity index (χ1) is 15.3. The van der Waals surface area contributed by atoms with Crippen LogP contribution in [0.5, 0.6) is 0 Å². The van der Waals surface area contributed by atoms with Crippen LogP contribution >= 0.6 is 11.6 Å². The predicted octanol–water partition coefficient (Wildman–Crippen LogP) is 3.88. The minimum Gasteiger partial charge on any atom is -0.348 e. The van der Waals surface area contributed by atoms with Crippen LogP contribution in [0.1, 0.15) is 35.7 Å². The molecule has 2 heterocycles. The third kappa shape index (κ3) is 4.87. The summed E-state index contributed by atoms with van der Waals surface area (Å²) in [4.78, 5) is 16.9. The fraction of sp³-hybridized carbons (Fsp3) is 0.304. The summed E-state index contributed by atoms with van der Waals surface area (Å²) in [5, 5.41) is 3.04. The molecule has 1 aromatic heterocycles. The zero-order valence-corrected chi connectivity index (χ0v) is 19.3. The Bertz CT molecular complexity index is 1190. The Morgan fingerprint density at radius 3 is 2.53 bits per heavy atom. The van der Waals surface area contributed by atoms with Crippen molar-refractivity contribution < 1.29 is 13.2 Å². The van der Waals surface area contributed by atoms with E-state index in [4.69, 9.17) is 11.6 Å². The van der Waals surface area contributed by atoms with Crippen molar-refractivity contribution in [2.24, 2.45) is 5.92 Å². The maximum Gasteiger partial charge on any atom is 0.253 e. The minimum atomic E-state index is -3.66. The Kier molecular flexibility index (Phi) is 6.64. The summed E-state index contributed by atoms with van der Waals surface area (Å²) in [7, 11) is -3.66. The van der Waals surface area contributed by atoms with E-state index in [-0.39, 0.29) is 15.5 Å². The van der Waals surface area contributed by atoms with E-state index in [2.05, 4.69) is 17.2 Å². The summed E-state index contributed by atoms with van der Waals surface area (Å²) in [6.07, 6.45) is 6.94. The van der Waals surface area contributed by atoms with Crippen molar-refractivity contribution in [3.8, 4) is 5.69 Å². The van der Waals surface area contributed by atoms with Gasteiger partial charge in [0, 0.05) is 37.7 Å². The van der Waals surface area contributed by atoms with Crippen molar-refractivity contribution in [3.63, 3.8) is 0 Å². The highest BCUT2D eigenvalue weighted by Crippen LogP contribution is 2.26. The Hall–Kier alpha value is -2.68. The number of carbonyl (C=O) groups is 1. The number of nitrogens with zero attached hydrogens (tertiary/aromatic N) is 3. The molecule has 1 aliphatic heterocycles. The highest BCUT2D eigenvalue weighted by Gasteiger charge is 2.29. The van der Waals surface area contributed by atoms with E-state index in [1.54, 1.807) is 12.5 Å². The number of amides is 1. The quantitative estimate of drug-likeness (QED) is 0.590. The van der Waals surface area contributed by atoms with Gasteiger partial charge in [-0.25, -0.2) is 13.4 Å². The van der Waals surface area contributed by atoms with E-state index in [0.29, 0.717) is 25.6 Å². The molecule has 4 rings (SSSR count). The molecule has 0 radical (unpaired) electrons. The Labute approximate surface area is 193 Å². The summed E-state index contributed by atoms with van der Waals surface area (Å²) in [5.41, 5.74) is 2.02. The molecule has 0 unspecified atom stereocenters. The van der Waals surface area contributed by atoms with Gasteiger partial charge >= 0.3 is 0 Å². The molecule has 0 atom stereocenters. The summed E-state index contributed by atoms with van der Waals surface area (Å²) >= 11 is 6.23. The van der Waals surface area contributed by atoms with E-state index in [9.17, 15) is 13.2 Å². The number of halogens is 1.